The summed E-state index contributed by atoms with van der Waals surface area (Å²) in [6.45, 7) is 5.85. The molecule has 6 heteroatoms. The number of pyridine rings is 1. The molecule has 0 aliphatic carbocycles. The van der Waals surface area contributed by atoms with Gasteiger partial charge in [-0.25, -0.2) is 5.43 Å². The van der Waals surface area contributed by atoms with Crippen LogP contribution in [-0.4, -0.2) is 35.3 Å². The number of anilines is 1. The molecular formula is C17H20N4O2. The van der Waals surface area contributed by atoms with Gasteiger partial charge < -0.3 is 10.0 Å². The van der Waals surface area contributed by atoms with Gasteiger partial charge in [-0.3, -0.25) is 9.78 Å². The van der Waals surface area contributed by atoms with Crippen molar-refractivity contribution < 1.29 is 9.90 Å². The number of amides is 1. The van der Waals surface area contributed by atoms with Crippen molar-refractivity contribution in [2.75, 3.05) is 18.0 Å². The Labute approximate surface area is 135 Å². The Hall–Kier alpha value is -2.89. The van der Waals surface area contributed by atoms with Crippen LogP contribution in [-0.2, 0) is 0 Å². The number of nitrogens with zero attached hydrogens (tertiary/aromatic N) is 3. The highest BCUT2D eigenvalue weighted by Gasteiger charge is 2.06. The first-order valence-corrected chi connectivity index (χ1v) is 7.47. The Morgan fingerprint density at radius 2 is 1.96 bits per heavy atom. The van der Waals surface area contributed by atoms with Gasteiger partial charge in [-0.1, -0.05) is 0 Å². The fourth-order valence-corrected chi connectivity index (χ4v) is 2.15. The summed E-state index contributed by atoms with van der Waals surface area (Å²) < 4.78 is 0. The second-order valence-electron chi connectivity index (χ2n) is 4.85. The van der Waals surface area contributed by atoms with Gasteiger partial charge in [-0.2, -0.15) is 5.10 Å². The second-order valence-corrected chi connectivity index (χ2v) is 4.85. The topological polar surface area (TPSA) is 77.8 Å². The van der Waals surface area contributed by atoms with Crippen LogP contribution < -0.4 is 10.3 Å². The van der Waals surface area contributed by atoms with Crippen molar-refractivity contribution in [1.82, 2.24) is 10.4 Å². The Morgan fingerprint density at radius 1 is 1.26 bits per heavy atom. The molecule has 0 fully saturated rings. The number of hydrogen-bond acceptors (Lipinski definition) is 5. The quantitative estimate of drug-likeness (QED) is 0.634. The van der Waals surface area contributed by atoms with Gasteiger partial charge in [0.1, 0.15) is 5.75 Å². The molecule has 0 unspecified atom stereocenters. The molecule has 0 aliphatic rings. The Balaban J connectivity index is 2.04. The first kappa shape index (κ1) is 16.5. The zero-order chi connectivity index (χ0) is 16.7. The van der Waals surface area contributed by atoms with Crippen LogP contribution in [0, 0.1) is 0 Å². The van der Waals surface area contributed by atoms with E-state index in [0.717, 1.165) is 18.8 Å². The van der Waals surface area contributed by atoms with E-state index < -0.39 is 0 Å². The van der Waals surface area contributed by atoms with Crippen molar-refractivity contribution in [2.45, 2.75) is 13.8 Å². The van der Waals surface area contributed by atoms with Crippen molar-refractivity contribution in [3.8, 4) is 5.75 Å². The standard InChI is InChI=1S/C17H20N4O2/c1-3-21(4-2)15-6-5-14(16(22)11-15)12-19-20-17(23)13-7-9-18-10-8-13/h5-12,22H,3-4H2,1-2H3,(H,20,23). The molecule has 0 saturated heterocycles. The van der Waals surface area contributed by atoms with Gasteiger partial charge in [-0.15, -0.1) is 0 Å². The number of aromatic nitrogens is 1. The molecule has 6 nitrogen and oxygen atoms in total. The molecule has 1 aromatic heterocycles. The average Bonchev–Trinajstić information content (AvgIpc) is 2.58. The third kappa shape index (κ3) is 4.29. The van der Waals surface area contributed by atoms with E-state index in [4.69, 9.17) is 0 Å². The van der Waals surface area contributed by atoms with Crippen LogP contribution in [0.15, 0.2) is 47.8 Å². The molecule has 23 heavy (non-hydrogen) atoms. The van der Waals surface area contributed by atoms with Crippen LogP contribution in [0.1, 0.15) is 29.8 Å². The minimum atomic E-state index is -0.331. The van der Waals surface area contributed by atoms with Gasteiger partial charge in [0, 0.05) is 48.4 Å². The Bertz CT molecular complexity index is 682. The summed E-state index contributed by atoms with van der Waals surface area (Å²) in [6.07, 6.45) is 4.49. The molecule has 1 amide bonds. The zero-order valence-electron chi connectivity index (χ0n) is 13.2. The molecule has 0 bridgehead atoms. The number of benzene rings is 1. The van der Waals surface area contributed by atoms with Crippen molar-refractivity contribution in [3.05, 3.63) is 53.9 Å². The maximum Gasteiger partial charge on any atom is 0.271 e. The molecule has 0 atom stereocenters. The van der Waals surface area contributed by atoms with Gasteiger partial charge in [0.25, 0.3) is 5.91 Å². The molecule has 0 spiro atoms. The van der Waals surface area contributed by atoms with E-state index in [2.05, 4.69) is 34.3 Å². The average molecular weight is 312 g/mol. The van der Waals surface area contributed by atoms with Crippen LogP contribution in [0.5, 0.6) is 5.75 Å². The van der Waals surface area contributed by atoms with Crippen LogP contribution in [0.25, 0.3) is 0 Å². The van der Waals surface area contributed by atoms with E-state index in [0.29, 0.717) is 11.1 Å². The summed E-state index contributed by atoms with van der Waals surface area (Å²) in [5.74, 6) is -0.209. The molecule has 2 rings (SSSR count). The van der Waals surface area contributed by atoms with Gasteiger partial charge in [0.15, 0.2) is 0 Å². The van der Waals surface area contributed by atoms with E-state index in [1.54, 1.807) is 24.3 Å². The fraction of sp³-hybridized carbons (Fsp3) is 0.235. The number of rotatable bonds is 6. The fourth-order valence-electron chi connectivity index (χ4n) is 2.15. The zero-order valence-corrected chi connectivity index (χ0v) is 13.2. The molecule has 0 saturated carbocycles. The third-order valence-electron chi connectivity index (χ3n) is 3.45. The van der Waals surface area contributed by atoms with Crippen molar-refractivity contribution >= 4 is 17.8 Å². The molecule has 1 heterocycles. The lowest BCUT2D eigenvalue weighted by Crippen LogP contribution is -2.21. The van der Waals surface area contributed by atoms with Crippen LogP contribution in [0.3, 0.4) is 0 Å². The van der Waals surface area contributed by atoms with E-state index in [1.165, 1.54) is 18.6 Å². The van der Waals surface area contributed by atoms with E-state index >= 15 is 0 Å². The highest BCUT2D eigenvalue weighted by molar-refractivity contribution is 5.95. The Morgan fingerprint density at radius 3 is 2.57 bits per heavy atom. The van der Waals surface area contributed by atoms with Gasteiger partial charge in [0.2, 0.25) is 0 Å². The number of hydrogen-bond donors (Lipinski definition) is 2. The van der Waals surface area contributed by atoms with Gasteiger partial charge >= 0.3 is 0 Å². The maximum absolute atomic E-state index is 11.8. The smallest absolute Gasteiger partial charge is 0.271 e. The summed E-state index contributed by atoms with van der Waals surface area (Å²) in [5, 5.41) is 13.9. The molecule has 0 aliphatic heterocycles. The number of phenols is 1. The lowest BCUT2D eigenvalue weighted by molar-refractivity contribution is 0.0955. The van der Waals surface area contributed by atoms with Crippen LogP contribution in [0.2, 0.25) is 0 Å². The highest BCUT2D eigenvalue weighted by Crippen LogP contribution is 2.23. The van der Waals surface area contributed by atoms with E-state index in [1.807, 2.05) is 6.07 Å². The summed E-state index contributed by atoms with van der Waals surface area (Å²) in [4.78, 5) is 17.8. The number of phenolic OH excluding ortho intramolecular Hbond substituents is 1. The van der Waals surface area contributed by atoms with Crippen molar-refractivity contribution in [1.29, 1.82) is 0 Å². The molecular weight excluding hydrogens is 292 g/mol. The summed E-state index contributed by atoms with van der Waals surface area (Å²) in [5.41, 5.74) is 4.37. The minimum Gasteiger partial charge on any atom is -0.507 e. The molecule has 0 radical (unpaired) electrons. The predicted molar refractivity (Wildman–Crippen MR) is 91.0 cm³/mol. The molecule has 2 N–H and O–H groups in total. The maximum atomic E-state index is 11.8. The molecule has 120 valence electrons. The number of carbonyl (C=O) groups is 1. The molecule has 1 aromatic carbocycles. The summed E-state index contributed by atoms with van der Waals surface area (Å²) >= 11 is 0. The van der Waals surface area contributed by atoms with Crippen LogP contribution in [0.4, 0.5) is 5.69 Å². The normalized spacial score (nSPS) is 10.7. The first-order valence-electron chi connectivity index (χ1n) is 7.47. The van der Waals surface area contributed by atoms with Crippen molar-refractivity contribution in [2.24, 2.45) is 5.10 Å². The highest BCUT2D eigenvalue weighted by atomic mass is 16.3. The largest absolute Gasteiger partial charge is 0.507 e. The van der Waals surface area contributed by atoms with Crippen LogP contribution >= 0.6 is 0 Å². The monoisotopic (exact) mass is 312 g/mol. The van der Waals surface area contributed by atoms with Crippen molar-refractivity contribution in [3.63, 3.8) is 0 Å². The molecule has 2 aromatic rings. The SMILES string of the molecule is CCN(CC)c1ccc(C=NNC(=O)c2ccncc2)c(O)c1. The minimum absolute atomic E-state index is 0.122. The first-order chi connectivity index (χ1) is 11.2. The second kappa shape index (κ2) is 7.93. The van der Waals surface area contributed by atoms with E-state index in [9.17, 15) is 9.90 Å². The number of aromatic hydroxyl groups is 1. The lowest BCUT2D eigenvalue weighted by atomic mass is 10.2. The number of nitrogens with one attached hydrogen (secondary N) is 1. The van der Waals surface area contributed by atoms with Gasteiger partial charge in [0.05, 0.1) is 6.21 Å². The predicted octanol–water partition coefficient (Wildman–Crippen LogP) is 2.40. The lowest BCUT2D eigenvalue weighted by Gasteiger charge is -2.21. The third-order valence-corrected chi connectivity index (χ3v) is 3.45. The Kier molecular flexibility index (Phi) is 5.68. The number of carbonyl (C=O) groups excluding carboxylic acids is 1. The van der Waals surface area contributed by atoms with E-state index in [-0.39, 0.29) is 11.7 Å². The summed E-state index contributed by atoms with van der Waals surface area (Å²) in [6, 6.07) is 8.57. The summed E-state index contributed by atoms with van der Waals surface area (Å²) in [7, 11) is 0. The van der Waals surface area contributed by atoms with Gasteiger partial charge in [-0.05, 0) is 38.1 Å². The number of hydrazone groups is 1.